The van der Waals surface area contributed by atoms with Crippen LogP contribution in [0.1, 0.15) is 12.5 Å². The molecule has 0 bridgehead atoms. The summed E-state index contributed by atoms with van der Waals surface area (Å²) in [6, 6.07) is 8.42. The van der Waals surface area contributed by atoms with Crippen LogP contribution in [0.3, 0.4) is 0 Å². The molecule has 2 aromatic rings. The average Bonchev–Trinajstić information content (AvgIpc) is 2.61. The first-order valence-electron chi connectivity index (χ1n) is 7.94. The number of carbonyl (C=O) groups excluding carboxylic acids is 1. The van der Waals surface area contributed by atoms with Gasteiger partial charge in [-0.05, 0) is 12.1 Å². The van der Waals surface area contributed by atoms with Crippen molar-refractivity contribution in [1.82, 2.24) is 14.9 Å². The summed E-state index contributed by atoms with van der Waals surface area (Å²) in [6.45, 7) is 4.70. The molecule has 1 aliphatic heterocycles. The number of hydrogen-bond acceptors (Lipinski definition) is 5. The van der Waals surface area contributed by atoms with Gasteiger partial charge in [-0.2, -0.15) is 4.98 Å². The number of halogens is 1. The van der Waals surface area contributed by atoms with Crippen LogP contribution in [-0.2, 0) is 11.3 Å². The molecule has 0 radical (unpaired) electrons. The highest BCUT2D eigenvalue weighted by Crippen LogP contribution is 2.15. The number of aromatic nitrogens is 2. The number of anilines is 2. The molecule has 24 heavy (non-hydrogen) atoms. The SMILES string of the molecule is CC(=O)N1CCN(c2nccc(NCc3ccccc3F)n2)CC1. The summed E-state index contributed by atoms with van der Waals surface area (Å²) in [5, 5.41) is 3.13. The highest BCUT2D eigenvalue weighted by molar-refractivity contribution is 5.73. The van der Waals surface area contributed by atoms with Crippen molar-refractivity contribution in [2.24, 2.45) is 0 Å². The molecule has 3 rings (SSSR count). The van der Waals surface area contributed by atoms with Crippen LogP contribution < -0.4 is 10.2 Å². The number of nitrogens with zero attached hydrogens (tertiary/aromatic N) is 4. The van der Waals surface area contributed by atoms with Crippen LogP contribution in [0.15, 0.2) is 36.5 Å². The van der Waals surface area contributed by atoms with Gasteiger partial charge in [-0.15, -0.1) is 0 Å². The lowest BCUT2D eigenvalue weighted by Crippen LogP contribution is -2.48. The van der Waals surface area contributed by atoms with E-state index in [1.54, 1.807) is 37.4 Å². The number of carbonyl (C=O) groups is 1. The zero-order valence-corrected chi connectivity index (χ0v) is 13.6. The van der Waals surface area contributed by atoms with E-state index in [4.69, 9.17) is 0 Å². The number of piperazine rings is 1. The minimum Gasteiger partial charge on any atom is -0.366 e. The highest BCUT2D eigenvalue weighted by Gasteiger charge is 2.20. The molecule has 1 fully saturated rings. The fourth-order valence-corrected chi connectivity index (χ4v) is 2.65. The number of nitrogens with one attached hydrogen (secondary N) is 1. The molecular weight excluding hydrogens is 309 g/mol. The molecule has 1 amide bonds. The van der Waals surface area contributed by atoms with Crippen molar-refractivity contribution in [3.8, 4) is 0 Å². The van der Waals surface area contributed by atoms with Gasteiger partial charge in [0.1, 0.15) is 11.6 Å². The van der Waals surface area contributed by atoms with Crippen LogP contribution in [0.25, 0.3) is 0 Å². The van der Waals surface area contributed by atoms with E-state index < -0.39 is 0 Å². The molecular formula is C17H20FN5O. The normalized spacial score (nSPS) is 14.6. The van der Waals surface area contributed by atoms with Gasteiger partial charge in [0.05, 0.1) is 0 Å². The van der Waals surface area contributed by atoms with Gasteiger partial charge in [0, 0.05) is 51.4 Å². The molecule has 1 aliphatic rings. The summed E-state index contributed by atoms with van der Waals surface area (Å²) < 4.78 is 13.7. The summed E-state index contributed by atoms with van der Waals surface area (Å²) in [6.07, 6.45) is 1.68. The Morgan fingerprint density at radius 2 is 1.96 bits per heavy atom. The van der Waals surface area contributed by atoms with Crippen molar-refractivity contribution >= 4 is 17.7 Å². The second kappa shape index (κ2) is 7.25. The largest absolute Gasteiger partial charge is 0.366 e. The van der Waals surface area contributed by atoms with Crippen LogP contribution in [0, 0.1) is 5.82 Å². The van der Waals surface area contributed by atoms with E-state index in [1.165, 1.54) is 6.07 Å². The third kappa shape index (κ3) is 3.79. The molecule has 2 heterocycles. The van der Waals surface area contributed by atoms with Crippen molar-refractivity contribution < 1.29 is 9.18 Å². The highest BCUT2D eigenvalue weighted by atomic mass is 19.1. The van der Waals surface area contributed by atoms with Gasteiger partial charge in [0.25, 0.3) is 0 Å². The lowest BCUT2D eigenvalue weighted by atomic mass is 10.2. The maximum Gasteiger partial charge on any atom is 0.227 e. The maximum atomic E-state index is 13.7. The fourth-order valence-electron chi connectivity index (χ4n) is 2.65. The molecule has 0 unspecified atom stereocenters. The van der Waals surface area contributed by atoms with E-state index in [-0.39, 0.29) is 11.7 Å². The van der Waals surface area contributed by atoms with Gasteiger partial charge in [0.2, 0.25) is 11.9 Å². The molecule has 0 aliphatic carbocycles. The van der Waals surface area contributed by atoms with E-state index in [9.17, 15) is 9.18 Å². The first-order valence-corrected chi connectivity index (χ1v) is 7.94. The van der Waals surface area contributed by atoms with Crippen molar-refractivity contribution in [3.63, 3.8) is 0 Å². The van der Waals surface area contributed by atoms with Crippen LogP contribution in [0.4, 0.5) is 16.2 Å². The number of rotatable bonds is 4. The zero-order chi connectivity index (χ0) is 16.9. The van der Waals surface area contributed by atoms with Crippen molar-refractivity contribution in [3.05, 3.63) is 47.9 Å². The predicted molar refractivity (Wildman–Crippen MR) is 90.2 cm³/mol. The van der Waals surface area contributed by atoms with Gasteiger partial charge in [0.15, 0.2) is 0 Å². The summed E-state index contributed by atoms with van der Waals surface area (Å²) in [5.41, 5.74) is 0.590. The van der Waals surface area contributed by atoms with Gasteiger partial charge in [-0.1, -0.05) is 18.2 Å². The quantitative estimate of drug-likeness (QED) is 0.928. The van der Waals surface area contributed by atoms with Gasteiger partial charge >= 0.3 is 0 Å². The van der Waals surface area contributed by atoms with Crippen LogP contribution in [-0.4, -0.2) is 47.0 Å². The van der Waals surface area contributed by atoms with Crippen molar-refractivity contribution in [1.29, 1.82) is 0 Å². The van der Waals surface area contributed by atoms with E-state index in [2.05, 4.69) is 15.3 Å². The Labute approximate surface area is 140 Å². The fraction of sp³-hybridized carbons (Fsp3) is 0.353. The molecule has 7 heteroatoms. The average molecular weight is 329 g/mol. The predicted octanol–water partition coefficient (Wildman–Crippen LogP) is 1.90. The van der Waals surface area contributed by atoms with E-state index >= 15 is 0 Å². The van der Waals surface area contributed by atoms with Crippen molar-refractivity contribution in [2.75, 3.05) is 36.4 Å². The molecule has 0 atom stereocenters. The lowest BCUT2D eigenvalue weighted by molar-refractivity contribution is -0.129. The summed E-state index contributed by atoms with van der Waals surface area (Å²) in [4.78, 5) is 24.0. The lowest BCUT2D eigenvalue weighted by Gasteiger charge is -2.34. The van der Waals surface area contributed by atoms with Gasteiger partial charge < -0.3 is 15.1 Å². The van der Waals surface area contributed by atoms with Crippen molar-refractivity contribution in [2.45, 2.75) is 13.5 Å². The molecule has 6 nitrogen and oxygen atoms in total. The van der Waals surface area contributed by atoms with Crippen LogP contribution in [0.5, 0.6) is 0 Å². The van der Waals surface area contributed by atoms with E-state index in [1.807, 2.05) is 9.80 Å². The Bertz CT molecular complexity index is 716. The minimum absolute atomic E-state index is 0.0934. The molecule has 0 saturated carbocycles. The Hall–Kier alpha value is -2.70. The maximum absolute atomic E-state index is 13.7. The minimum atomic E-state index is -0.236. The molecule has 1 aromatic heterocycles. The van der Waals surface area contributed by atoms with Crippen LogP contribution in [0.2, 0.25) is 0 Å². The third-order valence-electron chi connectivity index (χ3n) is 4.07. The monoisotopic (exact) mass is 329 g/mol. The zero-order valence-electron chi connectivity index (χ0n) is 13.6. The van der Waals surface area contributed by atoms with Gasteiger partial charge in [-0.3, -0.25) is 4.79 Å². The molecule has 1 N–H and O–H groups in total. The van der Waals surface area contributed by atoms with Gasteiger partial charge in [-0.25, -0.2) is 9.37 Å². The molecule has 1 saturated heterocycles. The molecule has 0 spiro atoms. The first-order chi connectivity index (χ1) is 11.6. The topological polar surface area (TPSA) is 61.4 Å². The van der Waals surface area contributed by atoms with Crippen LogP contribution >= 0.6 is 0 Å². The Kier molecular flexibility index (Phi) is 4.88. The second-order valence-electron chi connectivity index (χ2n) is 5.68. The number of benzene rings is 1. The summed E-state index contributed by atoms with van der Waals surface area (Å²) >= 11 is 0. The smallest absolute Gasteiger partial charge is 0.227 e. The second-order valence-corrected chi connectivity index (χ2v) is 5.68. The van der Waals surface area contributed by atoms with E-state index in [0.29, 0.717) is 50.1 Å². The first kappa shape index (κ1) is 16.2. The summed E-state index contributed by atoms with van der Waals surface area (Å²) in [7, 11) is 0. The number of amides is 1. The molecule has 1 aromatic carbocycles. The standard InChI is InChI=1S/C17H20FN5O/c1-13(24)22-8-10-23(11-9-22)17-19-7-6-16(21-17)20-12-14-4-2-3-5-15(14)18/h2-7H,8-12H2,1H3,(H,19,20,21). The van der Waals surface area contributed by atoms with E-state index in [0.717, 1.165) is 0 Å². The summed E-state index contributed by atoms with van der Waals surface area (Å²) in [5.74, 6) is 1.13. The Balaban J connectivity index is 1.62. The third-order valence-corrected chi connectivity index (χ3v) is 4.07. The molecule has 126 valence electrons. The Morgan fingerprint density at radius 3 is 2.67 bits per heavy atom. The Morgan fingerprint density at radius 1 is 1.21 bits per heavy atom. The number of hydrogen-bond donors (Lipinski definition) is 1.